The minimum Gasteiger partial charge on any atom is -0.257 e. The summed E-state index contributed by atoms with van der Waals surface area (Å²) in [6.45, 7) is 0. The van der Waals surface area contributed by atoms with Gasteiger partial charge < -0.3 is 0 Å². The summed E-state index contributed by atoms with van der Waals surface area (Å²) in [4.78, 5) is 0. The number of hydrogen-bond donors (Lipinski definition) is 0. The molecule has 0 aromatic heterocycles. The number of nitrogens with zero attached hydrogens (tertiary/aromatic N) is 2. The van der Waals surface area contributed by atoms with E-state index in [9.17, 15) is 0 Å². The van der Waals surface area contributed by atoms with E-state index in [1.54, 1.807) is 0 Å². The molecule has 1 unspecified atom stereocenters. The van der Waals surface area contributed by atoms with Crippen LogP contribution in [0.25, 0.3) is 0 Å². The second-order valence-electron chi connectivity index (χ2n) is 6.01. The molecule has 0 bridgehead atoms. The number of hydrazone groups is 1. The fourth-order valence-corrected chi connectivity index (χ4v) is 3.63. The summed E-state index contributed by atoms with van der Waals surface area (Å²) in [6.07, 6.45) is 0.859. The van der Waals surface area contributed by atoms with Gasteiger partial charge in [-0.05, 0) is 41.5 Å². The van der Waals surface area contributed by atoms with Crippen LogP contribution in [0.3, 0.4) is 0 Å². The van der Waals surface area contributed by atoms with Crippen molar-refractivity contribution in [3.8, 4) is 0 Å². The average molecular weight is 412 g/mol. The Morgan fingerprint density at radius 3 is 2.40 bits per heavy atom. The zero-order chi connectivity index (χ0) is 17.2. The van der Waals surface area contributed by atoms with Crippen molar-refractivity contribution in [2.45, 2.75) is 12.5 Å². The molecule has 3 aromatic carbocycles. The van der Waals surface area contributed by atoms with Crippen LogP contribution in [0.1, 0.15) is 23.6 Å². The predicted molar refractivity (Wildman–Crippen MR) is 108 cm³/mol. The first-order valence-electron chi connectivity index (χ1n) is 8.14. The van der Waals surface area contributed by atoms with Crippen molar-refractivity contribution in [1.82, 2.24) is 0 Å². The second-order valence-corrected chi connectivity index (χ2v) is 7.36. The van der Waals surface area contributed by atoms with E-state index in [-0.39, 0.29) is 6.04 Å². The molecule has 0 spiro atoms. The molecule has 0 aliphatic carbocycles. The maximum Gasteiger partial charge on any atom is 0.0831 e. The molecule has 4 heteroatoms. The van der Waals surface area contributed by atoms with E-state index >= 15 is 0 Å². The summed E-state index contributed by atoms with van der Waals surface area (Å²) < 4.78 is 1.05. The van der Waals surface area contributed by atoms with Crippen molar-refractivity contribution in [2.75, 3.05) is 5.01 Å². The summed E-state index contributed by atoms with van der Waals surface area (Å²) in [6, 6.07) is 26.9. The lowest BCUT2D eigenvalue weighted by molar-refractivity contribution is 0.709. The van der Waals surface area contributed by atoms with Gasteiger partial charge in [-0.1, -0.05) is 76.1 Å². The Bertz CT molecular complexity index is 907. The zero-order valence-electron chi connectivity index (χ0n) is 13.4. The quantitative estimate of drug-likeness (QED) is 0.483. The maximum atomic E-state index is 6.03. The lowest BCUT2D eigenvalue weighted by Gasteiger charge is -2.24. The van der Waals surface area contributed by atoms with E-state index in [1.807, 2.05) is 42.5 Å². The number of halogens is 2. The summed E-state index contributed by atoms with van der Waals surface area (Å²) in [7, 11) is 0. The molecule has 4 rings (SSSR count). The van der Waals surface area contributed by atoms with Gasteiger partial charge in [0.2, 0.25) is 0 Å². The van der Waals surface area contributed by atoms with Crippen molar-refractivity contribution in [1.29, 1.82) is 0 Å². The van der Waals surface area contributed by atoms with Gasteiger partial charge in [-0.2, -0.15) is 5.10 Å². The summed E-state index contributed by atoms with van der Waals surface area (Å²) in [5.41, 5.74) is 4.52. The minimum atomic E-state index is 0.182. The topological polar surface area (TPSA) is 15.6 Å². The van der Waals surface area contributed by atoms with E-state index in [2.05, 4.69) is 57.3 Å². The molecule has 124 valence electrons. The highest BCUT2D eigenvalue weighted by molar-refractivity contribution is 9.10. The van der Waals surface area contributed by atoms with Crippen LogP contribution in [0, 0.1) is 0 Å². The standard InChI is InChI=1S/C21H16BrClN2/c22-17-7-4-8-19(13-17)25-21(16-5-2-1-3-6-16)14-20(24-25)15-9-11-18(23)12-10-15/h1-13,21H,14H2. The normalized spacial score (nSPS) is 16.8. The Hall–Kier alpha value is -2.10. The second kappa shape index (κ2) is 7.03. The van der Waals surface area contributed by atoms with E-state index in [0.717, 1.165) is 32.9 Å². The summed E-state index contributed by atoms with van der Waals surface area (Å²) in [5.74, 6) is 0. The van der Waals surface area contributed by atoms with Gasteiger partial charge in [-0.25, -0.2) is 0 Å². The van der Waals surface area contributed by atoms with Crippen LogP contribution >= 0.6 is 27.5 Å². The molecule has 2 nitrogen and oxygen atoms in total. The molecule has 25 heavy (non-hydrogen) atoms. The van der Waals surface area contributed by atoms with Gasteiger partial charge in [-0.15, -0.1) is 0 Å². The Balaban J connectivity index is 1.76. The molecule has 0 N–H and O–H groups in total. The number of benzene rings is 3. The zero-order valence-corrected chi connectivity index (χ0v) is 15.8. The third-order valence-corrected chi connectivity index (χ3v) is 5.09. The minimum absolute atomic E-state index is 0.182. The Morgan fingerprint density at radius 1 is 0.920 bits per heavy atom. The van der Waals surface area contributed by atoms with Crippen molar-refractivity contribution >= 4 is 38.9 Å². The molecule has 1 atom stereocenters. The SMILES string of the molecule is Clc1ccc(C2=NN(c3cccc(Br)c3)C(c3ccccc3)C2)cc1. The fourth-order valence-electron chi connectivity index (χ4n) is 3.12. The van der Waals surface area contributed by atoms with Gasteiger partial charge >= 0.3 is 0 Å². The highest BCUT2D eigenvalue weighted by atomic mass is 79.9. The largest absolute Gasteiger partial charge is 0.257 e. The van der Waals surface area contributed by atoms with E-state index in [0.29, 0.717) is 0 Å². The van der Waals surface area contributed by atoms with Crippen LogP contribution in [0.5, 0.6) is 0 Å². The molecule has 0 amide bonds. The van der Waals surface area contributed by atoms with Crippen LogP contribution in [0.4, 0.5) is 5.69 Å². The highest BCUT2D eigenvalue weighted by Crippen LogP contribution is 2.37. The van der Waals surface area contributed by atoms with Crippen LogP contribution < -0.4 is 5.01 Å². The molecule has 0 saturated heterocycles. The number of rotatable bonds is 3. The van der Waals surface area contributed by atoms with Crippen molar-refractivity contribution in [3.63, 3.8) is 0 Å². The number of hydrogen-bond acceptors (Lipinski definition) is 2. The Kier molecular flexibility index (Phi) is 4.60. The first-order valence-corrected chi connectivity index (χ1v) is 9.31. The Labute approximate surface area is 160 Å². The maximum absolute atomic E-state index is 6.03. The average Bonchev–Trinajstić information content (AvgIpc) is 3.08. The van der Waals surface area contributed by atoms with E-state index < -0.39 is 0 Å². The summed E-state index contributed by atoms with van der Waals surface area (Å²) >= 11 is 9.59. The third-order valence-electron chi connectivity index (χ3n) is 4.34. The number of anilines is 1. The van der Waals surface area contributed by atoms with Crippen LogP contribution in [-0.4, -0.2) is 5.71 Å². The van der Waals surface area contributed by atoms with E-state index in [4.69, 9.17) is 16.7 Å². The highest BCUT2D eigenvalue weighted by Gasteiger charge is 2.29. The van der Waals surface area contributed by atoms with Crippen molar-refractivity contribution in [3.05, 3.63) is 99.5 Å². The van der Waals surface area contributed by atoms with Crippen LogP contribution in [0.2, 0.25) is 5.02 Å². The fraction of sp³-hybridized carbons (Fsp3) is 0.0952. The molecular formula is C21H16BrClN2. The lowest BCUT2D eigenvalue weighted by atomic mass is 9.98. The molecule has 0 radical (unpaired) electrons. The van der Waals surface area contributed by atoms with Gasteiger partial charge in [0.25, 0.3) is 0 Å². The van der Waals surface area contributed by atoms with Crippen molar-refractivity contribution in [2.24, 2.45) is 5.10 Å². The first-order chi connectivity index (χ1) is 12.2. The van der Waals surface area contributed by atoms with Gasteiger partial charge in [0, 0.05) is 15.9 Å². The monoisotopic (exact) mass is 410 g/mol. The van der Waals surface area contributed by atoms with Crippen molar-refractivity contribution < 1.29 is 0 Å². The van der Waals surface area contributed by atoms with Gasteiger partial charge in [0.1, 0.15) is 0 Å². The first kappa shape index (κ1) is 16.4. The van der Waals surface area contributed by atoms with E-state index in [1.165, 1.54) is 5.56 Å². The molecule has 1 aliphatic heterocycles. The van der Waals surface area contributed by atoms with Crippen LogP contribution in [0.15, 0.2) is 88.4 Å². The lowest BCUT2D eigenvalue weighted by Crippen LogP contribution is -2.18. The smallest absolute Gasteiger partial charge is 0.0831 e. The molecular weight excluding hydrogens is 396 g/mol. The molecule has 0 saturated carbocycles. The third kappa shape index (κ3) is 3.48. The predicted octanol–water partition coefficient (Wildman–Crippen LogP) is 6.46. The van der Waals surface area contributed by atoms with Gasteiger partial charge in [-0.3, -0.25) is 5.01 Å². The van der Waals surface area contributed by atoms with Gasteiger partial charge in [0.15, 0.2) is 0 Å². The molecule has 1 aliphatic rings. The molecule has 1 heterocycles. The molecule has 3 aromatic rings. The molecule has 0 fully saturated rings. The summed E-state index contributed by atoms with van der Waals surface area (Å²) in [5, 5.41) is 7.80. The van der Waals surface area contributed by atoms with Crippen LogP contribution in [-0.2, 0) is 0 Å². The van der Waals surface area contributed by atoms with Gasteiger partial charge in [0.05, 0.1) is 17.4 Å². The Morgan fingerprint density at radius 2 is 1.68 bits per heavy atom.